The Morgan fingerprint density at radius 3 is 2.46 bits per heavy atom. The summed E-state index contributed by atoms with van der Waals surface area (Å²) < 4.78 is 35.2. The van der Waals surface area contributed by atoms with Crippen LogP contribution in [-0.4, -0.2) is 23.9 Å². The first kappa shape index (κ1) is 26.8. The molecule has 4 rings (SSSR count). The van der Waals surface area contributed by atoms with E-state index >= 15 is 0 Å². The minimum absolute atomic E-state index is 0.0509. The van der Waals surface area contributed by atoms with Gasteiger partial charge in [0.15, 0.2) is 16.2 Å². The van der Waals surface area contributed by atoms with Gasteiger partial charge in [0, 0.05) is 22.9 Å². The summed E-state index contributed by atoms with van der Waals surface area (Å²) in [7, 11) is -3.99. The van der Waals surface area contributed by atoms with Gasteiger partial charge in [-0.1, -0.05) is 23.7 Å². The lowest BCUT2D eigenvalue weighted by Gasteiger charge is -2.23. The van der Waals surface area contributed by atoms with Crippen LogP contribution >= 0.6 is 11.6 Å². The number of benzene rings is 1. The summed E-state index contributed by atoms with van der Waals surface area (Å²) in [6.07, 6.45) is 1.64. The smallest absolute Gasteiger partial charge is 0.260 e. The Morgan fingerprint density at radius 1 is 1.08 bits per heavy atom. The van der Waals surface area contributed by atoms with Gasteiger partial charge in [0.1, 0.15) is 16.4 Å². The number of aryl methyl sites for hydroxylation is 1. The van der Waals surface area contributed by atoms with E-state index in [1.165, 1.54) is 6.07 Å². The lowest BCUT2D eigenvalue weighted by molar-refractivity contribution is 0.490. The molecule has 3 aromatic heterocycles. The number of nitrogens with zero attached hydrogens (tertiary/aromatic N) is 2. The van der Waals surface area contributed by atoms with E-state index in [1.54, 1.807) is 58.2 Å². The van der Waals surface area contributed by atoms with Gasteiger partial charge in [0.05, 0.1) is 17.1 Å². The number of pyridine rings is 2. The second kappa shape index (κ2) is 9.89. The van der Waals surface area contributed by atoms with Crippen LogP contribution in [0.3, 0.4) is 0 Å². The molecule has 0 amide bonds. The van der Waals surface area contributed by atoms with Gasteiger partial charge in [-0.05, 0) is 77.4 Å². The van der Waals surface area contributed by atoms with Crippen molar-refractivity contribution in [2.24, 2.45) is 0 Å². The zero-order chi connectivity index (χ0) is 27.1. The second-order valence-electron chi connectivity index (χ2n) is 10.0. The molecule has 0 bridgehead atoms. The highest BCUT2D eigenvalue weighted by molar-refractivity contribution is 7.89. The Kier molecular flexibility index (Phi) is 7.16. The zero-order valence-corrected chi connectivity index (χ0v) is 23.1. The van der Waals surface area contributed by atoms with Crippen molar-refractivity contribution in [1.82, 2.24) is 14.7 Å². The topological polar surface area (TPSA) is 114 Å². The molecule has 0 saturated carbocycles. The van der Waals surface area contributed by atoms with Crippen molar-refractivity contribution in [1.29, 1.82) is 0 Å². The molecule has 194 valence electrons. The summed E-state index contributed by atoms with van der Waals surface area (Å²) in [5.41, 5.74) is 2.37. The van der Waals surface area contributed by atoms with E-state index in [4.69, 9.17) is 16.0 Å². The molecule has 0 aliphatic heterocycles. The highest BCUT2D eigenvalue weighted by atomic mass is 35.5. The maximum Gasteiger partial charge on any atom is 0.260 e. The van der Waals surface area contributed by atoms with E-state index in [1.807, 2.05) is 26.0 Å². The van der Waals surface area contributed by atoms with Crippen molar-refractivity contribution in [3.8, 4) is 11.5 Å². The minimum atomic E-state index is -3.99. The van der Waals surface area contributed by atoms with Gasteiger partial charge in [0.2, 0.25) is 0 Å². The molecule has 10 heteroatoms. The van der Waals surface area contributed by atoms with Crippen LogP contribution in [0.4, 0.5) is 5.69 Å². The van der Waals surface area contributed by atoms with Gasteiger partial charge in [0.25, 0.3) is 10.0 Å². The molecule has 0 saturated heterocycles. The first-order valence-electron chi connectivity index (χ1n) is 11.7. The van der Waals surface area contributed by atoms with E-state index in [-0.39, 0.29) is 21.3 Å². The van der Waals surface area contributed by atoms with Crippen molar-refractivity contribution in [2.75, 3.05) is 5.32 Å². The van der Waals surface area contributed by atoms with Crippen LogP contribution in [0.2, 0.25) is 5.15 Å². The number of anilines is 1. The van der Waals surface area contributed by atoms with Crippen molar-refractivity contribution in [2.45, 2.75) is 58.1 Å². The number of rotatable bonds is 6. The lowest BCUT2D eigenvalue weighted by atomic mass is 9.99. The third kappa shape index (κ3) is 5.69. The van der Waals surface area contributed by atoms with E-state index in [9.17, 15) is 13.2 Å². The molecule has 1 atom stereocenters. The lowest BCUT2D eigenvalue weighted by Crippen LogP contribution is -2.41. The fourth-order valence-electron chi connectivity index (χ4n) is 4.13. The van der Waals surface area contributed by atoms with Crippen LogP contribution in [0.1, 0.15) is 50.4 Å². The molecule has 37 heavy (non-hydrogen) atoms. The summed E-state index contributed by atoms with van der Waals surface area (Å²) in [6.45, 7) is 10.7. The Morgan fingerprint density at radius 2 is 1.81 bits per heavy atom. The molecule has 0 spiro atoms. The number of nitrogens with one attached hydrogen (secondary N) is 2. The molecule has 4 aromatic rings. The molecule has 2 N–H and O–H groups in total. The first-order valence-corrected chi connectivity index (χ1v) is 13.6. The van der Waals surface area contributed by atoms with Crippen molar-refractivity contribution >= 4 is 38.3 Å². The average molecular weight is 541 g/mol. The summed E-state index contributed by atoms with van der Waals surface area (Å²) in [5.74, 6) is 0.390. The minimum Gasteiger partial charge on any atom is -0.454 e. The molecule has 0 unspecified atom stereocenters. The van der Waals surface area contributed by atoms with Crippen molar-refractivity contribution in [3.05, 3.63) is 80.7 Å². The summed E-state index contributed by atoms with van der Waals surface area (Å²) in [6, 6.07) is 11.7. The average Bonchev–Trinajstić information content (AvgIpc) is 2.81. The molecular formula is C27H29ClN4O4S. The molecule has 0 radical (unpaired) electrons. The number of sulfonamides is 1. The number of halogens is 1. The zero-order valence-electron chi connectivity index (χ0n) is 21.5. The summed E-state index contributed by atoms with van der Waals surface area (Å²) in [5, 5.41) is 3.52. The van der Waals surface area contributed by atoms with Gasteiger partial charge in [-0.2, -0.15) is 0 Å². The summed E-state index contributed by atoms with van der Waals surface area (Å²) >= 11 is 6.07. The van der Waals surface area contributed by atoms with E-state index < -0.39 is 21.6 Å². The highest BCUT2D eigenvalue weighted by Gasteiger charge is 2.28. The van der Waals surface area contributed by atoms with Gasteiger partial charge < -0.3 is 9.73 Å². The number of hydrogen-bond acceptors (Lipinski definition) is 7. The van der Waals surface area contributed by atoms with Gasteiger partial charge in [-0.3, -0.25) is 9.78 Å². The predicted octanol–water partition coefficient (Wildman–Crippen LogP) is 5.77. The number of fused-ring (bicyclic) bond motifs is 1. The fraction of sp³-hybridized carbons (Fsp3) is 0.296. The maximum absolute atomic E-state index is 13.3. The SMILES string of the molecule is Cc1cc([C@@H](C)Nc2ccc(Cl)nc2S(=O)(=O)NC(C)(C)C)c2oc(-c3ccccn3)c(C)c(=O)c2c1. The van der Waals surface area contributed by atoms with Crippen LogP contribution in [0, 0.1) is 13.8 Å². The predicted molar refractivity (Wildman–Crippen MR) is 147 cm³/mol. The molecule has 1 aromatic carbocycles. The van der Waals surface area contributed by atoms with Crippen molar-refractivity contribution in [3.63, 3.8) is 0 Å². The molecular weight excluding hydrogens is 512 g/mol. The maximum atomic E-state index is 13.3. The third-order valence-corrected chi connectivity index (χ3v) is 7.56. The first-order chi connectivity index (χ1) is 17.3. The van der Waals surface area contributed by atoms with Gasteiger partial charge >= 0.3 is 0 Å². The van der Waals surface area contributed by atoms with Gasteiger partial charge in [-0.25, -0.2) is 18.1 Å². The molecule has 0 aliphatic carbocycles. The Balaban J connectivity index is 1.85. The Bertz CT molecular complexity index is 1650. The molecule has 0 fully saturated rings. The highest BCUT2D eigenvalue weighted by Crippen LogP contribution is 2.33. The fourth-order valence-corrected chi connectivity index (χ4v) is 5.86. The van der Waals surface area contributed by atoms with Crippen LogP contribution in [-0.2, 0) is 10.0 Å². The van der Waals surface area contributed by atoms with Crippen molar-refractivity contribution < 1.29 is 12.8 Å². The monoisotopic (exact) mass is 540 g/mol. The second-order valence-corrected chi connectivity index (χ2v) is 12.0. The normalized spacial score (nSPS) is 13.1. The van der Waals surface area contributed by atoms with Crippen LogP contribution in [0.15, 0.2) is 62.9 Å². The standard InChI is InChI=1S/C27H29ClN4O4S/c1-15-13-18(25-19(14-15)23(33)16(2)24(36-25)20-9-7-8-12-29-20)17(3)30-21-10-11-22(28)31-26(21)37(34,35)32-27(4,5)6/h7-14,17,30,32H,1-6H3/t17-/m1/s1. The van der Waals surface area contributed by atoms with Gasteiger partial charge in [-0.15, -0.1) is 0 Å². The Hall–Kier alpha value is -3.27. The van der Waals surface area contributed by atoms with Crippen LogP contribution < -0.4 is 15.5 Å². The summed E-state index contributed by atoms with van der Waals surface area (Å²) in [4.78, 5) is 21.8. The largest absolute Gasteiger partial charge is 0.454 e. The number of hydrogen-bond donors (Lipinski definition) is 2. The van der Waals surface area contributed by atoms with Crippen LogP contribution in [0.25, 0.3) is 22.4 Å². The van der Waals surface area contributed by atoms with E-state index in [2.05, 4.69) is 20.0 Å². The molecule has 0 aliphatic rings. The van der Waals surface area contributed by atoms with E-state index in [0.717, 1.165) is 5.56 Å². The quantitative estimate of drug-likeness (QED) is 0.298. The molecule has 8 nitrogen and oxygen atoms in total. The van der Waals surface area contributed by atoms with Crippen LogP contribution in [0.5, 0.6) is 0 Å². The van der Waals surface area contributed by atoms with E-state index in [0.29, 0.717) is 33.6 Å². The Labute approximate surface area is 221 Å². The molecule has 3 heterocycles. The third-order valence-electron chi connectivity index (χ3n) is 5.65. The number of aromatic nitrogens is 2.